The Bertz CT molecular complexity index is 558. The molecule has 2 unspecified atom stereocenters. The van der Waals surface area contributed by atoms with Gasteiger partial charge in [0.15, 0.2) is 0 Å². The van der Waals surface area contributed by atoms with Crippen LogP contribution in [0.15, 0.2) is 22.8 Å². The van der Waals surface area contributed by atoms with Crippen LogP contribution in [-0.2, 0) is 4.74 Å². The van der Waals surface area contributed by atoms with Gasteiger partial charge < -0.3 is 19.4 Å². The van der Waals surface area contributed by atoms with Crippen molar-refractivity contribution in [3.63, 3.8) is 0 Å². The largest absolute Gasteiger partial charge is 0.468 e. The monoisotopic (exact) mass is 334 g/mol. The molecule has 1 saturated heterocycles. The average molecular weight is 334 g/mol. The number of hydrogen-bond donors (Lipinski definition) is 1. The third kappa shape index (κ3) is 3.61. The smallest absolute Gasteiger partial charge is 0.410 e. The van der Waals surface area contributed by atoms with Crippen LogP contribution in [0.3, 0.4) is 0 Å². The van der Waals surface area contributed by atoms with Crippen molar-refractivity contribution in [3.8, 4) is 0 Å². The van der Waals surface area contributed by atoms with E-state index in [9.17, 15) is 4.79 Å². The summed E-state index contributed by atoms with van der Waals surface area (Å²) in [5, 5.41) is 3.68. The number of likely N-dealkylation sites (tertiary alicyclic amines) is 1. The minimum Gasteiger partial charge on any atom is -0.468 e. The van der Waals surface area contributed by atoms with Gasteiger partial charge in [-0.05, 0) is 71.9 Å². The summed E-state index contributed by atoms with van der Waals surface area (Å²) in [6.07, 6.45) is 6.87. The fraction of sp³-hybridized carbons (Fsp3) is 0.737. The maximum absolute atomic E-state index is 12.6. The molecule has 2 heterocycles. The number of piperidine rings is 1. The van der Waals surface area contributed by atoms with Crippen molar-refractivity contribution in [3.05, 3.63) is 24.2 Å². The first kappa shape index (κ1) is 17.3. The number of ether oxygens (including phenoxy) is 1. The van der Waals surface area contributed by atoms with Gasteiger partial charge in [-0.2, -0.15) is 0 Å². The molecule has 24 heavy (non-hydrogen) atoms. The van der Waals surface area contributed by atoms with E-state index >= 15 is 0 Å². The Kier molecular flexibility index (Phi) is 4.65. The highest BCUT2D eigenvalue weighted by Crippen LogP contribution is 2.45. The van der Waals surface area contributed by atoms with E-state index in [0.717, 1.165) is 38.0 Å². The Hall–Kier alpha value is -1.49. The molecule has 0 aromatic carbocycles. The van der Waals surface area contributed by atoms with Gasteiger partial charge in [-0.3, -0.25) is 0 Å². The molecule has 0 bridgehead atoms. The fourth-order valence-corrected chi connectivity index (χ4v) is 3.97. The van der Waals surface area contributed by atoms with Crippen LogP contribution in [0.5, 0.6) is 0 Å². The SMILES string of the molecule is CC(NC1CCN(C(=O)OC(C)(C)C)C2(CCC2)C1)c1ccco1. The number of rotatable bonds is 3. The average Bonchev–Trinajstić information content (AvgIpc) is 2.97. The van der Waals surface area contributed by atoms with Gasteiger partial charge >= 0.3 is 6.09 Å². The zero-order chi connectivity index (χ0) is 17.4. The quantitative estimate of drug-likeness (QED) is 0.898. The van der Waals surface area contributed by atoms with E-state index < -0.39 is 5.60 Å². The number of nitrogens with zero attached hydrogens (tertiary/aromatic N) is 1. The summed E-state index contributed by atoms with van der Waals surface area (Å²) in [7, 11) is 0. The molecule has 1 aliphatic carbocycles. The molecule has 1 saturated carbocycles. The molecule has 1 aromatic rings. The third-order valence-corrected chi connectivity index (χ3v) is 5.25. The Labute approximate surface area is 144 Å². The summed E-state index contributed by atoms with van der Waals surface area (Å²) in [5.41, 5.74) is -0.452. The number of carbonyl (C=O) groups excluding carboxylic acids is 1. The summed E-state index contributed by atoms with van der Waals surface area (Å²) in [4.78, 5) is 14.6. The van der Waals surface area contributed by atoms with Crippen molar-refractivity contribution in [1.29, 1.82) is 0 Å². The minimum absolute atomic E-state index is 0.0128. The van der Waals surface area contributed by atoms with Crippen LogP contribution >= 0.6 is 0 Å². The Morgan fingerprint density at radius 3 is 2.75 bits per heavy atom. The van der Waals surface area contributed by atoms with Crippen molar-refractivity contribution in [2.75, 3.05) is 6.54 Å². The number of amides is 1. The highest BCUT2D eigenvalue weighted by Gasteiger charge is 2.49. The van der Waals surface area contributed by atoms with Gasteiger partial charge in [0.1, 0.15) is 11.4 Å². The van der Waals surface area contributed by atoms with Gasteiger partial charge in [0.2, 0.25) is 0 Å². The molecule has 3 rings (SSSR count). The third-order valence-electron chi connectivity index (χ3n) is 5.25. The van der Waals surface area contributed by atoms with E-state index in [2.05, 4.69) is 12.2 Å². The summed E-state index contributed by atoms with van der Waals surface area (Å²) in [6, 6.07) is 4.53. The molecule has 1 spiro atoms. The Morgan fingerprint density at radius 2 is 2.21 bits per heavy atom. The summed E-state index contributed by atoms with van der Waals surface area (Å²) < 4.78 is 11.1. The van der Waals surface area contributed by atoms with Crippen LogP contribution in [-0.4, -0.2) is 34.7 Å². The molecule has 2 atom stereocenters. The van der Waals surface area contributed by atoms with E-state index in [0.29, 0.717) is 6.04 Å². The maximum atomic E-state index is 12.6. The Balaban J connectivity index is 1.63. The van der Waals surface area contributed by atoms with Crippen LogP contribution < -0.4 is 5.32 Å². The van der Waals surface area contributed by atoms with E-state index in [1.54, 1.807) is 6.26 Å². The van der Waals surface area contributed by atoms with Crippen LogP contribution in [0.1, 0.15) is 71.6 Å². The second-order valence-corrected chi connectivity index (χ2v) is 8.30. The lowest BCUT2D eigenvalue weighted by atomic mass is 9.69. The molecular formula is C19H30N2O3. The molecule has 134 valence electrons. The second-order valence-electron chi connectivity index (χ2n) is 8.30. The van der Waals surface area contributed by atoms with Gasteiger partial charge in [0, 0.05) is 18.1 Å². The minimum atomic E-state index is -0.440. The number of hydrogen-bond acceptors (Lipinski definition) is 4. The zero-order valence-electron chi connectivity index (χ0n) is 15.3. The first-order valence-corrected chi connectivity index (χ1v) is 9.09. The van der Waals surface area contributed by atoms with Gasteiger partial charge in [-0.1, -0.05) is 0 Å². The lowest BCUT2D eigenvalue weighted by Gasteiger charge is -2.55. The highest BCUT2D eigenvalue weighted by atomic mass is 16.6. The normalized spacial score (nSPS) is 24.5. The molecule has 1 aromatic heterocycles. The Morgan fingerprint density at radius 1 is 1.46 bits per heavy atom. The maximum Gasteiger partial charge on any atom is 0.410 e. The van der Waals surface area contributed by atoms with Gasteiger partial charge in [0.25, 0.3) is 0 Å². The van der Waals surface area contributed by atoms with Crippen LogP contribution in [0.4, 0.5) is 4.79 Å². The van der Waals surface area contributed by atoms with Crippen molar-refractivity contribution in [2.24, 2.45) is 0 Å². The lowest BCUT2D eigenvalue weighted by molar-refractivity contribution is -0.0501. The number of furan rings is 1. The topological polar surface area (TPSA) is 54.7 Å². The summed E-state index contributed by atoms with van der Waals surface area (Å²) >= 11 is 0. The molecule has 0 radical (unpaired) electrons. The van der Waals surface area contributed by atoms with Crippen molar-refractivity contribution in [1.82, 2.24) is 10.2 Å². The number of nitrogens with one attached hydrogen (secondary N) is 1. The number of carbonyl (C=O) groups is 1. The van der Waals surface area contributed by atoms with Crippen molar-refractivity contribution in [2.45, 2.75) is 83.0 Å². The van der Waals surface area contributed by atoms with Crippen molar-refractivity contribution >= 4 is 6.09 Å². The molecule has 1 aliphatic heterocycles. The highest BCUT2D eigenvalue weighted by molar-refractivity contribution is 5.69. The van der Waals surface area contributed by atoms with E-state index in [1.807, 2.05) is 37.8 Å². The first-order valence-electron chi connectivity index (χ1n) is 9.09. The molecule has 5 heteroatoms. The van der Waals surface area contributed by atoms with E-state index in [-0.39, 0.29) is 17.7 Å². The fourth-order valence-electron chi connectivity index (χ4n) is 3.97. The van der Waals surface area contributed by atoms with Crippen LogP contribution in [0, 0.1) is 0 Å². The predicted octanol–water partition coefficient (Wildman–Crippen LogP) is 4.25. The first-order chi connectivity index (χ1) is 11.3. The molecule has 1 amide bonds. The van der Waals surface area contributed by atoms with E-state index in [4.69, 9.17) is 9.15 Å². The second kappa shape index (κ2) is 6.43. The van der Waals surface area contributed by atoms with Gasteiger partial charge in [0.05, 0.1) is 12.3 Å². The molecule has 2 fully saturated rings. The molecular weight excluding hydrogens is 304 g/mol. The van der Waals surface area contributed by atoms with E-state index in [1.165, 1.54) is 6.42 Å². The summed E-state index contributed by atoms with van der Waals surface area (Å²) in [5.74, 6) is 0.965. The molecule has 2 aliphatic rings. The van der Waals surface area contributed by atoms with Crippen LogP contribution in [0.25, 0.3) is 0 Å². The molecule has 5 nitrogen and oxygen atoms in total. The van der Waals surface area contributed by atoms with Gasteiger partial charge in [-0.25, -0.2) is 4.79 Å². The van der Waals surface area contributed by atoms with Crippen LogP contribution in [0.2, 0.25) is 0 Å². The predicted molar refractivity (Wildman–Crippen MR) is 92.8 cm³/mol. The zero-order valence-corrected chi connectivity index (χ0v) is 15.3. The summed E-state index contributed by atoms with van der Waals surface area (Å²) in [6.45, 7) is 8.68. The lowest BCUT2D eigenvalue weighted by Crippen LogP contribution is -2.63. The standard InChI is InChI=1S/C19H30N2O3/c1-14(16-7-5-12-23-16)20-15-8-11-21(17(22)24-18(2,3)4)19(13-15)9-6-10-19/h5,7,12,14-15,20H,6,8-11,13H2,1-4H3. The van der Waals surface area contributed by atoms with Gasteiger partial charge in [-0.15, -0.1) is 0 Å². The molecule has 1 N–H and O–H groups in total. The van der Waals surface area contributed by atoms with Crippen molar-refractivity contribution < 1.29 is 13.9 Å².